The minimum Gasteiger partial charge on any atom is -0.399 e. The fraction of sp³-hybridized carbons (Fsp3) is 0.417. The molecule has 3 rings (SSSR count). The number of hydrogen-bond acceptors (Lipinski definition) is 4. The van der Waals surface area contributed by atoms with E-state index in [1.165, 1.54) is 6.07 Å². The number of fused-ring (bicyclic) bond motifs is 1. The van der Waals surface area contributed by atoms with Gasteiger partial charge in [0.1, 0.15) is 5.82 Å². The molecule has 0 aromatic heterocycles. The van der Waals surface area contributed by atoms with E-state index in [0.717, 1.165) is 0 Å². The van der Waals surface area contributed by atoms with Crippen molar-refractivity contribution in [2.75, 3.05) is 5.73 Å². The Bertz CT molecular complexity index is 503. The molecule has 1 aromatic rings. The molecule has 0 bridgehead atoms. The van der Waals surface area contributed by atoms with Crippen molar-refractivity contribution in [1.29, 1.82) is 0 Å². The number of anilines is 1. The van der Waals surface area contributed by atoms with E-state index in [9.17, 15) is 4.39 Å². The van der Waals surface area contributed by atoms with Gasteiger partial charge in [0.25, 0.3) is 0 Å². The number of halogens is 1. The maximum atomic E-state index is 13.8. The molecule has 3 nitrogen and oxygen atoms in total. The largest absolute Gasteiger partial charge is 0.399 e. The molecule has 1 aliphatic carbocycles. The van der Waals surface area contributed by atoms with Crippen LogP contribution in [0.2, 0.25) is 0 Å². The highest BCUT2D eigenvalue weighted by Crippen LogP contribution is 2.58. The lowest BCUT2D eigenvalue weighted by Crippen LogP contribution is -2.17. The first-order valence-corrected chi connectivity index (χ1v) is 6.51. The van der Waals surface area contributed by atoms with Crippen LogP contribution in [-0.4, -0.2) is 10.4 Å². The molecule has 0 amide bonds. The van der Waals surface area contributed by atoms with Gasteiger partial charge < -0.3 is 11.5 Å². The first-order chi connectivity index (χ1) is 8.08. The molecule has 90 valence electrons. The lowest BCUT2D eigenvalue weighted by molar-refractivity contribution is 0.539. The first kappa shape index (κ1) is 10.9. The van der Waals surface area contributed by atoms with Crippen molar-refractivity contribution in [1.82, 2.24) is 0 Å². The van der Waals surface area contributed by atoms with E-state index in [1.54, 1.807) is 23.9 Å². The first-order valence-electron chi connectivity index (χ1n) is 5.63. The Morgan fingerprint density at radius 2 is 2.12 bits per heavy atom. The summed E-state index contributed by atoms with van der Waals surface area (Å²) in [5.41, 5.74) is 12.6. The Labute approximate surface area is 103 Å². The van der Waals surface area contributed by atoms with Crippen LogP contribution in [-0.2, 0) is 0 Å². The van der Waals surface area contributed by atoms with Crippen LogP contribution >= 0.6 is 11.8 Å². The molecule has 1 heterocycles. The molecule has 2 aliphatic rings. The molecular weight excluding hydrogens is 237 g/mol. The molecule has 1 aromatic carbocycles. The van der Waals surface area contributed by atoms with Crippen molar-refractivity contribution in [2.45, 2.75) is 18.2 Å². The third-order valence-corrected chi connectivity index (χ3v) is 4.95. The molecule has 0 saturated heterocycles. The number of aliphatic imine (C=N–C) groups is 1. The third-order valence-electron chi connectivity index (χ3n) is 3.59. The van der Waals surface area contributed by atoms with Crippen LogP contribution < -0.4 is 11.5 Å². The molecule has 1 aliphatic heterocycles. The summed E-state index contributed by atoms with van der Waals surface area (Å²) < 4.78 is 13.8. The highest BCUT2D eigenvalue weighted by atomic mass is 32.2. The maximum absolute atomic E-state index is 13.8. The zero-order valence-corrected chi connectivity index (χ0v) is 10.2. The predicted octanol–water partition coefficient (Wildman–Crippen LogP) is 2.15. The Hall–Kier alpha value is -1.23. The van der Waals surface area contributed by atoms with Crippen molar-refractivity contribution >= 4 is 22.6 Å². The predicted molar refractivity (Wildman–Crippen MR) is 69.2 cm³/mol. The molecule has 1 fully saturated rings. The number of nitrogen functional groups attached to an aromatic ring is 1. The fourth-order valence-electron chi connectivity index (χ4n) is 2.57. The second-order valence-corrected chi connectivity index (χ2v) is 5.91. The smallest absolute Gasteiger partial charge is 0.154 e. The average molecular weight is 251 g/mol. The van der Waals surface area contributed by atoms with E-state index in [4.69, 9.17) is 11.5 Å². The van der Waals surface area contributed by atoms with Gasteiger partial charge in [-0.15, -0.1) is 0 Å². The molecule has 5 heteroatoms. The Morgan fingerprint density at radius 3 is 2.88 bits per heavy atom. The summed E-state index contributed by atoms with van der Waals surface area (Å²) in [5, 5.41) is 1.04. The van der Waals surface area contributed by atoms with Crippen LogP contribution in [0.4, 0.5) is 10.1 Å². The van der Waals surface area contributed by atoms with Crippen LogP contribution in [0.5, 0.6) is 0 Å². The van der Waals surface area contributed by atoms with E-state index in [-0.39, 0.29) is 11.9 Å². The summed E-state index contributed by atoms with van der Waals surface area (Å²) in [6, 6.07) is 4.48. The normalized spacial score (nSPS) is 35.1. The minimum atomic E-state index is -0.245. The zero-order valence-electron chi connectivity index (χ0n) is 9.43. The average Bonchev–Trinajstić information content (AvgIpc) is 2.92. The van der Waals surface area contributed by atoms with Crippen LogP contribution in [0.1, 0.15) is 18.5 Å². The quantitative estimate of drug-likeness (QED) is 0.752. The molecule has 0 spiro atoms. The maximum Gasteiger partial charge on any atom is 0.154 e. The summed E-state index contributed by atoms with van der Waals surface area (Å²) in [6.45, 7) is 2.16. The van der Waals surface area contributed by atoms with E-state index in [1.807, 2.05) is 0 Å². The number of rotatable bonds is 1. The van der Waals surface area contributed by atoms with Crippen LogP contribution in [0, 0.1) is 17.7 Å². The van der Waals surface area contributed by atoms with Gasteiger partial charge in [-0.2, -0.15) is 0 Å². The molecule has 4 atom stereocenters. The van der Waals surface area contributed by atoms with Crippen molar-refractivity contribution < 1.29 is 4.39 Å². The molecule has 4 unspecified atom stereocenters. The molecule has 0 radical (unpaired) electrons. The summed E-state index contributed by atoms with van der Waals surface area (Å²) in [6.07, 6.45) is 0. The number of benzene rings is 1. The standard InChI is InChI=1S/C12H14FN3S/c1-5-9-10(16-12(15)17-11(5)9)7-4-6(14)2-3-8(7)13/h2-5,9-11H,14H2,1H3,(H2,15,16). The van der Waals surface area contributed by atoms with Crippen LogP contribution in [0.15, 0.2) is 23.2 Å². The Balaban J connectivity index is 2.03. The van der Waals surface area contributed by atoms with Gasteiger partial charge in [-0.3, -0.25) is 4.99 Å². The SMILES string of the molecule is CC1C2SC(N)=NC(c3cc(N)ccc3F)C12. The van der Waals surface area contributed by atoms with Crippen LogP contribution in [0.25, 0.3) is 0 Å². The van der Waals surface area contributed by atoms with Gasteiger partial charge >= 0.3 is 0 Å². The number of thioether (sulfide) groups is 1. The number of amidine groups is 1. The second-order valence-electron chi connectivity index (χ2n) is 4.71. The van der Waals surface area contributed by atoms with Crippen molar-refractivity contribution in [3.05, 3.63) is 29.6 Å². The summed E-state index contributed by atoms with van der Waals surface area (Å²) >= 11 is 1.61. The second kappa shape index (κ2) is 3.63. The van der Waals surface area contributed by atoms with Gasteiger partial charge in [0.05, 0.1) is 6.04 Å². The zero-order chi connectivity index (χ0) is 12.2. The summed E-state index contributed by atoms with van der Waals surface area (Å²) in [5.74, 6) is 0.685. The molecular formula is C12H14FN3S. The lowest BCUT2D eigenvalue weighted by atomic mass is 10.0. The number of hydrogen-bond donors (Lipinski definition) is 2. The fourth-order valence-corrected chi connectivity index (χ4v) is 3.88. The van der Waals surface area contributed by atoms with E-state index < -0.39 is 0 Å². The Kier molecular flexibility index (Phi) is 2.33. The molecule has 4 N–H and O–H groups in total. The highest BCUT2D eigenvalue weighted by Gasteiger charge is 2.55. The Morgan fingerprint density at radius 1 is 1.35 bits per heavy atom. The minimum absolute atomic E-state index is 0.167. The van der Waals surface area contributed by atoms with Gasteiger partial charge in [0.2, 0.25) is 0 Å². The van der Waals surface area contributed by atoms with Crippen LogP contribution in [0.3, 0.4) is 0 Å². The highest BCUT2D eigenvalue weighted by molar-refractivity contribution is 8.14. The van der Waals surface area contributed by atoms with E-state index in [0.29, 0.717) is 33.5 Å². The van der Waals surface area contributed by atoms with Gasteiger partial charge in [-0.25, -0.2) is 4.39 Å². The lowest BCUT2D eigenvalue weighted by Gasteiger charge is -2.18. The molecule has 17 heavy (non-hydrogen) atoms. The number of nitrogens with zero attached hydrogens (tertiary/aromatic N) is 1. The van der Waals surface area contributed by atoms with Gasteiger partial charge in [-0.1, -0.05) is 18.7 Å². The number of nitrogens with two attached hydrogens (primary N) is 2. The monoisotopic (exact) mass is 251 g/mol. The third kappa shape index (κ3) is 1.69. The van der Waals surface area contributed by atoms with Crippen molar-refractivity contribution in [2.24, 2.45) is 22.6 Å². The van der Waals surface area contributed by atoms with Crippen molar-refractivity contribution in [3.8, 4) is 0 Å². The summed E-state index contributed by atoms with van der Waals surface area (Å²) in [4.78, 5) is 4.39. The topological polar surface area (TPSA) is 64.4 Å². The van der Waals surface area contributed by atoms with Gasteiger partial charge in [0, 0.05) is 22.4 Å². The molecule has 1 saturated carbocycles. The summed E-state index contributed by atoms with van der Waals surface area (Å²) in [7, 11) is 0. The van der Waals surface area contributed by atoms with E-state index >= 15 is 0 Å². The van der Waals surface area contributed by atoms with Crippen molar-refractivity contribution in [3.63, 3.8) is 0 Å². The van der Waals surface area contributed by atoms with Gasteiger partial charge in [-0.05, 0) is 24.1 Å². The van der Waals surface area contributed by atoms with E-state index in [2.05, 4.69) is 11.9 Å². The van der Waals surface area contributed by atoms with Gasteiger partial charge in [0.15, 0.2) is 5.17 Å².